The maximum Gasteiger partial charge on any atom is 0.357 e. The van der Waals surface area contributed by atoms with E-state index >= 15 is 0 Å². The molecule has 0 spiro atoms. The van der Waals surface area contributed by atoms with Crippen LogP contribution in [0.15, 0.2) is 5.38 Å². The van der Waals surface area contributed by atoms with Gasteiger partial charge >= 0.3 is 5.97 Å². The maximum atomic E-state index is 12.7. The van der Waals surface area contributed by atoms with Gasteiger partial charge in [-0.05, 0) is 32.6 Å². The second kappa shape index (κ2) is 6.77. The Kier molecular flexibility index (Phi) is 4.76. The van der Waals surface area contributed by atoms with Crippen molar-refractivity contribution in [3.63, 3.8) is 0 Å². The van der Waals surface area contributed by atoms with E-state index in [1.165, 1.54) is 24.2 Å². The Bertz CT molecular complexity index is 547. The van der Waals surface area contributed by atoms with Gasteiger partial charge < -0.3 is 9.64 Å². The van der Waals surface area contributed by atoms with E-state index in [0.717, 1.165) is 30.7 Å². The summed E-state index contributed by atoms with van der Waals surface area (Å²) >= 11 is 1.43. The molecule has 0 N–H and O–H groups in total. The van der Waals surface area contributed by atoms with Crippen LogP contribution in [0.25, 0.3) is 0 Å². The number of ether oxygens (including phenoxy) is 1. The molecule has 0 aromatic carbocycles. The Balaban J connectivity index is 1.66. The van der Waals surface area contributed by atoms with Crippen molar-refractivity contribution in [3.05, 3.63) is 16.1 Å². The fourth-order valence-corrected chi connectivity index (χ4v) is 3.77. The molecule has 1 amide bonds. The highest BCUT2D eigenvalue weighted by Gasteiger charge is 2.37. The molecule has 2 aliphatic rings. The average Bonchev–Trinajstić information content (AvgIpc) is 3.04. The van der Waals surface area contributed by atoms with E-state index in [1.807, 2.05) is 4.90 Å². The summed E-state index contributed by atoms with van der Waals surface area (Å²) in [5.41, 5.74) is 0.353. The number of nitrogens with zero attached hydrogens (tertiary/aromatic N) is 2. The fourth-order valence-electron chi connectivity index (χ4n) is 3.01. The van der Waals surface area contributed by atoms with Crippen LogP contribution in [0.3, 0.4) is 0 Å². The van der Waals surface area contributed by atoms with Crippen LogP contribution in [-0.4, -0.2) is 34.4 Å². The number of esters is 1. The summed E-state index contributed by atoms with van der Waals surface area (Å²) in [5, 5.41) is 2.54. The molecule has 0 saturated heterocycles. The van der Waals surface area contributed by atoms with E-state index in [9.17, 15) is 9.59 Å². The van der Waals surface area contributed by atoms with Gasteiger partial charge in [0, 0.05) is 17.3 Å². The lowest BCUT2D eigenvalue weighted by Crippen LogP contribution is -2.36. The van der Waals surface area contributed by atoms with E-state index in [1.54, 1.807) is 12.3 Å². The highest BCUT2D eigenvalue weighted by molar-refractivity contribution is 7.09. The molecule has 2 saturated carbocycles. The van der Waals surface area contributed by atoms with Crippen molar-refractivity contribution < 1.29 is 14.3 Å². The van der Waals surface area contributed by atoms with Crippen molar-refractivity contribution in [3.8, 4) is 0 Å². The molecule has 0 unspecified atom stereocenters. The van der Waals surface area contributed by atoms with Gasteiger partial charge in [0.15, 0.2) is 5.69 Å². The first kappa shape index (κ1) is 15.5. The molecule has 1 heterocycles. The minimum atomic E-state index is -0.384. The van der Waals surface area contributed by atoms with Gasteiger partial charge in [0.2, 0.25) is 5.91 Å². The predicted octanol–water partition coefficient (Wildman–Crippen LogP) is 3.00. The standard InChI is InChI=1S/C16H22N2O3S/c1-2-21-16(20)13-10-22-14(17-13)9-18(12-7-8-12)15(19)11-5-3-4-6-11/h10-12H,2-9H2,1H3. The zero-order valence-corrected chi connectivity index (χ0v) is 13.7. The van der Waals surface area contributed by atoms with E-state index in [-0.39, 0.29) is 17.8 Å². The second-order valence-electron chi connectivity index (χ2n) is 6.03. The third-order valence-electron chi connectivity index (χ3n) is 4.32. The third kappa shape index (κ3) is 3.48. The van der Waals surface area contributed by atoms with Crippen LogP contribution in [0.1, 0.15) is 60.9 Å². The smallest absolute Gasteiger partial charge is 0.357 e. The summed E-state index contributed by atoms with van der Waals surface area (Å²) in [4.78, 5) is 30.7. The van der Waals surface area contributed by atoms with E-state index in [2.05, 4.69) is 4.98 Å². The van der Waals surface area contributed by atoms with Gasteiger partial charge in [0.05, 0.1) is 13.2 Å². The minimum Gasteiger partial charge on any atom is -0.461 e. The molecule has 22 heavy (non-hydrogen) atoms. The SMILES string of the molecule is CCOC(=O)c1csc(CN(C(=O)C2CCCC2)C2CC2)n1. The summed E-state index contributed by atoms with van der Waals surface area (Å²) in [5.74, 6) is 0.100. The average molecular weight is 322 g/mol. The quantitative estimate of drug-likeness (QED) is 0.755. The normalized spacial score (nSPS) is 18.4. The molecule has 2 fully saturated rings. The zero-order chi connectivity index (χ0) is 15.5. The second-order valence-corrected chi connectivity index (χ2v) is 6.97. The zero-order valence-electron chi connectivity index (χ0n) is 12.9. The van der Waals surface area contributed by atoms with Gasteiger partial charge in [0.1, 0.15) is 5.01 Å². The summed E-state index contributed by atoms with van der Waals surface area (Å²) < 4.78 is 4.96. The topological polar surface area (TPSA) is 59.5 Å². The lowest BCUT2D eigenvalue weighted by atomic mass is 10.1. The molecular weight excluding hydrogens is 300 g/mol. The van der Waals surface area contributed by atoms with Crippen LogP contribution in [0.2, 0.25) is 0 Å². The van der Waals surface area contributed by atoms with Crippen molar-refractivity contribution in [1.29, 1.82) is 0 Å². The Labute approximate surface area is 134 Å². The number of hydrogen-bond donors (Lipinski definition) is 0. The monoisotopic (exact) mass is 322 g/mol. The highest BCUT2D eigenvalue weighted by atomic mass is 32.1. The van der Waals surface area contributed by atoms with E-state index in [0.29, 0.717) is 24.9 Å². The predicted molar refractivity (Wildman–Crippen MR) is 83.6 cm³/mol. The fraction of sp³-hybridized carbons (Fsp3) is 0.688. The van der Waals surface area contributed by atoms with Crippen LogP contribution in [0, 0.1) is 5.92 Å². The highest BCUT2D eigenvalue weighted by Crippen LogP contribution is 2.34. The first-order valence-electron chi connectivity index (χ1n) is 8.11. The lowest BCUT2D eigenvalue weighted by Gasteiger charge is -2.24. The van der Waals surface area contributed by atoms with Crippen LogP contribution >= 0.6 is 11.3 Å². The molecular formula is C16H22N2O3S. The number of carbonyl (C=O) groups is 2. The van der Waals surface area contributed by atoms with Crippen molar-refractivity contribution in [2.75, 3.05) is 6.61 Å². The van der Waals surface area contributed by atoms with E-state index in [4.69, 9.17) is 4.74 Å². The molecule has 0 atom stereocenters. The van der Waals surface area contributed by atoms with Gasteiger partial charge in [-0.25, -0.2) is 9.78 Å². The Hall–Kier alpha value is -1.43. The molecule has 0 aliphatic heterocycles. The largest absolute Gasteiger partial charge is 0.461 e. The summed E-state index contributed by atoms with van der Waals surface area (Å²) in [6, 6.07) is 0.378. The van der Waals surface area contributed by atoms with Crippen molar-refractivity contribution in [1.82, 2.24) is 9.88 Å². The number of aromatic nitrogens is 1. The molecule has 2 aliphatic carbocycles. The summed E-state index contributed by atoms with van der Waals surface area (Å²) in [6.45, 7) is 2.66. The Morgan fingerprint density at radius 3 is 2.68 bits per heavy atom. The third-order valence-corrected chi connectivity index (χ3v) is 5.15. The molecule has 1 aromatic rings. The first-order valence-corrected chi connectivity index (χ1v) is 8.99. The molecule has 0 bridgehead atoms. The Morgan fingerprint density at radius 2 is 2.05 bits per heavy atom. The number of hydrogen-bond acceptors (Lipinski definition) is 5. The Morgan fingerprint density at radius 1 is 1.32 bits per heavy atom. The molecule has 0 radical (unpaired) electrons. The molecule has 5 nitrogen and oxygen atoms in total. The number of rotatable bonds is 6. The van der Waals surface area contributed by atoms with Crippen LogP contribution in [0.5, 0.6) is 0 Å². The van der Waals surface area contributed by atoms with Crippen LogP contribution < -0.4 is 0 Å². The number of thiazole rings is 1. The van der Waals surface area contributed by atoms with Crippen LogP contribution in [0.4, 0.5) is 0 Å². The van der Waals surface area contributed by atoms with Gasteiger partial charge in [-0.3, -0.25) is 4.79 Å². The van der Waals surface area contributed by atoms with Crippen LogP contribution in [-0.2, 0) is 16.1 Å². The van der Waals surface area contributed by atoms with Crippen molar-refractivity contribution in [2.45, 2.75) is 58.0 Å². The van der Waals surface area contributed by atoms with Gasteiger partial charge in [0.25, 0.3) is 0 Å². The minimum absolute atomic E-state index is 0.199. The van der Waals surface area contributed by atoms with Gasteiger partial charge in [-0.1, -0.05) is 12.8 Å². The number of amides is 1. The number of carbonyl (C=O) groups excluding carboxylic acids is 2. The van der Waals surface area contributed by atoms with E-state index < -0.39 is 0 Å². The maximum absolute atomic E-state index is 12.7. The van der Waals surface area contributed by atoms with Crippen molar-refractivity contribution in [2.24, 2.45) is 5.92 Å². The molecule has 1 aromatic heterocycles. The van der Waals surface area contributed by atoms with Gasteiger partial charge in [-0.15, -0.1) is 11.3 Å². The molecule has 120 valence electrons. The first-order chi connectivity index (χ1) is 10.7. The molecule has 6 heteroatoms. The van der Waals surface area contributed by atoms with Gasteiger partial charge in [-0.2, -0.15) is 0 Å². The lowest BCUT2D eigenvalue weighted by molar-refractivity contribution is -0.136. The summed E-state index contributed by atoms with van der Waals surface area (Å²) in [7, 11) is 0. The molecule has 3 rings (SSSR count). The summed E-state index contributed by atoms with van der Waals surface area (Å²) in [6.07, 6.45) is 6.56. The van der Waals surface area contributed by atoms with Crippen molar-refractivity contribution >= 4 is 23.2 Å².